The van der Waals surface area contributed by atoms with Crippen molar-refractivity contribution < 1.29 is 9.59 Å². The van der Waals surface area contributed by atoms with E-state index < -0.39 is 0 Å². The van der Waals surface area contributed by atoms with Gasteiger partial charge in [0.15, 0.2) is 5.13 Å². The van der Waals surface area contributed by atoms with Crippen LogP contribution in [0.4, 0.5) is 5.13 Å². The highest BCUT2D eigenvalue weighted by atomic mass is 35.5. The van der Waals surface area contributed by atoms with Crippen molar-refractivity contribution in [3.8, 4) is 0 Å². The van der Waals surface area contributed by atoms with Crippen LogP contribution in [0, 0.1) is 12.8 Å². The van der Waals surface area contributed by atoms with Crippen LogP contribution in [-0.4, -0.2) is 28.2 Å². The minimum atomic E-state index is -0.334. The van der Waals surface area contributed by atoms with Gasteiger partial charge < -0.3 is 10.2 Å². The number of benzene rings is 1. The maximum Gasteiger partial charge on any atom is 0.231 e. The van der Waals surface area contributed by atoms with Gasteiger partial charge in [-0.1, -0.05) is 23.7 Å². The lowest BCUT2D eigenvalue weighted by molar-refractivity contribution is -0.128. The molecular formula is C16H16ClN3O2S. The van der Waals surface area contributed by atoms with Crippen LogP contribution < -0.4 is 5.32 Å². The summed E-state index contributed by atoms with van der Waals surface area (Å²) in [5.41, 5.74) is 1.87. The molecule has 1 aromatic heterocycles. The smallest absolute Gasteiger partial charge is 0.231 e. The number of halogens is 1. The SMILES string of the molecule is Cc1csc(NC(=O)C2CC(=O)N(Cc3ccc(Cl)cc3)C2)n1. The fourth-order valence-electron chi connectivity index (χ4n) is 2.53. The number of aromatic nitrogens is 1. The topological polar surface area (TPSA) is 62.3 Å². The average molecular weight is 350 g/mol. The standard InChI is InChI=1S/C16H16ClN3O2S/c1-10-9-23-16(18-10)19-15(22)12-6-14(21)20(8-12)7-11-2-4-13(17)5-3-11/h2-5,9,12H,6-8H2,1H3,(H,18,19,22). The van der Waals surface area contributed by atoms with E-state index in [9.17, 15) is 9.59 Å². The largest absolute Gasteiger partial charge is 0.338 e. The quantitative estimate of drug-likeness (QED) is 0.922. The summed E-state index contributed by atoms with van der Waals surface area (Å²) in [7, 11) is 0. The Kier molecular flexibility index (Phi) is 4.63. The monoisotopic (exact) mass is 349 g/mol. The maximum absolute atomic E-state index is 12.3. The van der Waals surface area contributed by atoms with Crippen LogP contribution in [0.5, 0.6) is 0 Å². The Morgan fingerprint density at radius 1 is 1.43 bits per heavy atom. The van der Waals surface area contributed by atoms with E-state index in [2.05, 4.69) is 10.3 Å². The summed E-state index contributed by atoms with van der Waals surface area (Å²) in [6.07, 6.45) is 0.240. The summed E-state index contributed by atoms with van der Waals surface area (Å²) >= 11 is 7.25. The van der Waals surface area contributed by atoms with Crippen molar-refractivity contribution in [2.75, 3.05) is 11.9 Å². The molecule has 1 unspecified atom stereocenters. The summed E-state index contributed by atoms with van der Waals surface area (Å²) in [4.78, 5) is 30.3. The van der Waals surface area contributed by atoms with E-state index in [0.29, 0.717) is 23.2 Å². The number of anilines is 1. The summed E-state index contributed by atoms with van der Waals surface area (Å²) in [5.74, 6) is -0.485. The zero-order valence-electron chi connectivity index (χ0n) is 12.6. The Labute approximate surface area is 143 Å². The molecule has 1 saturated heterocycles. The van der Waals surface area contributed by atoms with Crippen molar-refractivity contribution in [1.29, 1.82) is 0 Å². The second-order valence-electron chi connectivity index (χ2n) is 5.59. The number of aryl methyl sites for hydroxylation is 1. The first-order valence-electron chi connectivity index (χ1n) is 7.26. The van der Waals surface area contributed by atoms with Gasteiger partial charge >= 0.3 is 0 Å². The van der Waals surface area contributed by atoms with Crippen LogP contribution >= 0.6 is 22.9 Å². The van der Waals surface area contributed by atoms with E-state index in [1.165, 1.54) is 11.3 Å². The number of thiazole rings is 1. The van der Waals surface area contributed by atoms with E-state index in [1.807, 2.05) is 24.4 Å². The number of hydrogen-bond acceptors (Lipinski definition) is 4. The van der Waals surface area contributed by atoms with Crippen LogP contribution in [0.3, 0.4) is 0 Å². The molecule has 1 fully saturated rings. The number of carbonyl (C=O) groups excluding carboxylic acids is 2. The summed E-state index contributed by atoms with van der Waals surface area (Å²) in [6.45, 7) is 2.80. The molecule has 23 heavy (non-hydrogen) atoms. The van der Waals surface area contributed by atoms with E-state index in [1.54, 1.807) is 17.0 Å². The summed E-state index contributed by atoms with van der Waals surface area (Å²) in [6, 6.07) is 7.38. The molecule has 3 rings (SSSR count). The van der Waals surface area contributed by atoms with Crippen molar-refractivity contribution in [3.05, 3.63) is 45.9 Å². The Balaban J connectivity index is 1.60. The first-order valence-corrected chi connectivity index (χ1v) is 8.52. The number of nitrogens with zero attached hydrogens (tertiary/aromatic N) is 2. The molecule has 2 heterocycles. The first kappa shape index (κ1) is 16.0. The summed E-state index contributed by atoms with van der Waals surface area (Å²) in [5, 5.41) is 5.91. The molecule has 7 heteroatoms. The van der Waals surface area contributed by atoms with Crippen molar-refractivity contribution in [1.82, 2.24) is 9.88 Å². The van der Waals surface area contributed by atoms with Gasteiger partial charge in [0.25, 0.3) is 0 Å². The molecule has 1 aliphatic heterocycles. The average Bonchev–Trinajstić information content (AvgIpc) is 3.08. The molecule has 0 bridgehead atoms. The fraction of sp³-hybridized carbons (Fsp3) is 0.312. The number of nitrogens with one attached hydrogen (secondary N) is 1. The van der Waals surface area contributed by atoms with Crippen molar-refractivity contribution in [3.63, 3.8) is 0 Å². The highest BCUT2D eigenvalue weighted by Gasteiger charge is 2.34. The lowest BCUT2D eigenvalue weighted by atomic mass is 10.1. The van der Waals surface area contributed by atoms with Gasteiger partial charge in [0.1, 0.15) is 0 Å². The Hall–Kier alpha value is -1.92. The molecular weight excluding hydrogens is 334 g/mol. The van der Waals surface area contributed by atoms with Crippen LogP contribution in [-0.2, 0) is 16.1 Å². The van der Waals surface area contributed by atoms with Gasteiger partial charge in [0.05, 0.1) is 11.6 Å². The van der Waals surface area contributed by atoms with Crippen LogP contribution in [0.15, 0.2) is 29.6 Å². The van der Waals surface area contributed by atoms with Crippen molar-refractivity contribution in [2.45, 2.75) is 19.9 Å². The molecule has 0 radical (unpaired) electrons. The molecule has 1 aromatic carbocycles. The predicted octanol–water partition coefficient (Wildman–Crippen LogP) is 3.09. The number of amides is 2. The molecule has 0 saturated carbocycles. The Bertz CT molecular complexity index is 729. The Morgan fingerprint density at radius 2 is 2.17 bits per heavy atom. The number of hydrogen-bond donors (Lipinski definition) is 1. The van der Waals surface area contributed by atoms with Gasteiger partial charge in [0.2, 0.25) is 11.8 Å². The Morgan fingerprint density at radius 3 is 2.83 bits per heavy atom. The molecule has 0 spiro atoms. The van der Waals surface area contributed by atoms with Crippen molar-refractivity contribution >= 4 is 39.9 Å². The van der Waals surface area contributed by atoms with Gasteiger partial charge in [-0.3, -0.25) is 9.59 Å². The van der Waals surface area contributed by atoms with Gasteiger partial charge in [-0.25, -0.2) is 4.98 Å². The fourth-order valence-corrected chi connectivity index (χ4v) is 3.35. The van der Waals surface area contributed by atoms with E-state index in [0.717, 1.165) is 11.3 Å². The lowest BCUT2D eigenvalue weighted by Crippen LogP contribution is -2.28. The molecule has 120 valence electrons. The predicted molar refractivity (Wildman–Crippen MR) is 90.5 cm³/mol. The van der Waals surface area contributed by atoms with Gasteiger partial charge in [0, 0.05) is 29.9 Å². The summed E-state index contributed by atoms with van der Waals surface area (Å²) < 4.78 is 0. The highest BCUT2D eigenvalue weighted by molar-refractivity contribution is 7.13. The molecule has 0 aliphatic carbocycles. The first-order chi connectivity index (χ1) is 11.0. The van der Waals surface area contributed by atoms with Gasteiger partial charge in [-0.05, 0) is 24.6 Å². The third kappa shape index (κ3) is 3.89. The van der Waals surface area contributed by atoms with Crippen LogP contribution in [0.25, 0.3) is 0 Å². The number of likely N-dealkylation sites (tertiary alicyclic amines) is 1. The van der Waals surface area contributed by atoms with Gasteiger partial charge in [-0.15, -0.1) is 11.3 Å². The minimum Gasteiger partial charge on any atom is -0.338 e. The minimum absolute atomic E-state index is 0.00424. The zero-order valence-corrected chi connectivity index (χ0v) is 14.2. The van der Waals surface area contributed by atoms with Crippen LogP contribution in [0.1, 0.15) is 17.7 Å². The normalized spacial score (nSPS) is 17.6. The second kappa shape index (κ2) is 6.68. The van der Waals surface area contributed by atoms with E-state index >= 15 is 0 Å². The maximum atomic E-state index is 12.3. The molecule has 5 nitrogen and oxygen atoms in total. The molecule has 1 aliphatic rings. The van der Waals surface area contributed by atoms with Crippen LogP contribution in [0.2, 0.25) is 5.02 Å². The second-order valence-corrected chi connectivity index (χ2v) is 6.88. The number of carbonyl (C=O) groups is 2. The molecule has 1 N–H and O–H groups in total. The highest BCUT2D eigenvalue weighted by Crippen LogP contribution is 2.23. The lowest BCUT2D eigenvalue weighted by Gasteiger charge is -2.16. The molecule has 1 atom stereocenters. The molecule has 2 aromatic rings. The zero-order chi connectivity index (χ0) is 16.4. The third-order valence-corrected chi connectivity index (χ3v) is 4.85. The third-order valence-electron chi connectivity index (χ3n) is 3.72. The molecule has 2 amide bonds. The van der Waals surface area contributed by atoms with E-state index in [-0.39, 0.29) is 24.2 Å². The van der Waals surface area contributed by atoms with Crippen molar-refractivity contribution in [2.24, 2.45) is 5.92 Å². The van der Waals surface area contributed by atoms with E-state index in [4.69, 9.17) is 11.6 Å². The number of rotatable bonds is 4. The van der Waals surface area contributed by atoms with Gasteiger partial charge in [-0.2, -0.15) is 0 Å².